The maximum Gasteiger partial charge on any atom is 0.416 e. The lowest BCUT2D eigenvalue weighted by Crippen LogP contribution is -2.12. The molecule has 0 radical (unpaired) electrons. The quantitative estimate of drug-likeness (QED) is 0.875. The van der Waals surface area contributed by atoms with Crippen molar-refractivity contribution < 1.29 is 19.3 Å². The van der Waals surface area contributed by atoms with E-state index in [9.17, 15) is 18.0 Å². The molecule has 0 aliphatic rings. The number of benzene rings is 2. The van der Waals surface area contributed by atoms with Gasteiger partial charge >= 0.3 is 6.18 Å². The average Bonchev–Trinajstić information content (AvgIpc) is 2.40. The van der Waals surface area contributed by atoms with E-state index in [4.69, 9.17) is 1.37 Å². The van der Waals surface area contributed by atoms with E-state index >= 15 is 0 Å². The van der Waals surface area contributed by atoms with Crippen LogP contribution in [0.4, 0.5) is 18.9 Å². The molecule has 2 aromatic carbocycles. The second kappa shape index (κ2) is 5.14. The first-order chi connectivity index (χ1) is 9.39. The minimum absolute atomic E-state index is 0.173. The molecule has 2 nitrogen and oxygen atoms in total. The van der Waals surface area contributed by atoms with Crippen molar-refractivity contribution in [2.45, 2.75) is 6.18 Å². The van der Waals surface area contributed by atoms with Crippen LogP contribution in [0.25, 0.3) is 0 Å². The summed E-state index contributed by atoms with van der Waals surface area (Å²) in [6, 6.07) is 10.5. The van der Waals surface area contributed by atoms with Crippen LogP contribution < -0.4 is 5.32 Å². The molecule has 0 unspecified atom stereocenters. The summed E-state index contributed by atoms with van der Waals surface area (Å²) in [6.07, 6.45) is -4.62. The Kier molecular flexibility index (Phi) is 3.18. The largest absolute Gasteiger partial charge is 0.416 e. The Balaban J connectivity index is 2.29. The van der Waals surface area contributed by atoms with Crippen LogP contribution in [0.2, 0.25) is 0 Å². The van der Waals surface area contributed by atoms with E-state index in [-0.39, 0.29) is 5.69 Å². The molecular formula is C14H10F3NO. The average molecular weight is 266 g/mol. The summed E-state index contributed by atoms with van der Waals surface area (Å²) in [4.78, 5) is 11.9. The van der Waals surface area contributed by atoms with Crippen molar-refractivity contribution in [1.29, 1.82) is 0 Å². The summed E-state index contributed by atoms with van der Waals surface area (Å²) in [5.74, 6) is -0.557. The fourth-order valence-corrected chi connectivity index (χ4v) is 1.49. The van der Waals surface area contributed by atoms with Crippen LogP contribution in [0, 0.1) is 0 Å². The Morgan fingerprint density at radius 1 is 1.05 bits per heavy atom. The van der Waals surface area contributed by atoms with Gasteiger partial charge < -0.3 is 5.32 Å². The van der Waals surface area contributed by atoms with Gasteiger partial charge in [-0.1, -0.05) is 24.3 Å². The molecule has 0 fully saturated rings. The van der Waals surface area contributed by atoms with Gasteiger partial charge in [-0.15, -0.1) is 0 Å². The third-order valence-electron chi connectivity index (χ3n) is 2.38. The smallest absolute Gasteiger partial charge is 0.322 e. The number of hydrogen-bond acceptors (Lipinski definition) is 1. The number of rotatable bonds is 2. The lowest BCUT2D eigenvalue weighted by molar-refractivity contribution is -0.137. The van der Waals surface area contributed by atoms with Crippen molar-refractivity contribution in [3.05, 3.63) is 65.7 Å². The van der Waals surface area contributed by atoms with Crippen LogP contribution >= 0.6 is 0 Å². The van der Waals surface area contributed by atoms with Crippen LogP contribution in [0.3, 0.4) is 0 Å². The predicted octanol–water partition coefficient (Wildman–Crippen LogP) is 3.96. The zero-order valence-corrected chi connectivity index (χ0v) is 9.66. The number of carbonyl (C=O) groups is 1. The van der Waals surface area contributed by atoms with Gasteiger partial charge in [0, 0.05) is 11.3 Å². The van der Waals surface area contributed by atoms with Crippen LogP contribution in [-0.4, -0.2) is 5.91 Å². The Morgan fingerprint density at radius 3 is 2.37 bits per heavy atom. The van der Waals surface area contributed by atoms with Gasteiger partial charge in [-0.25, -0.2) is 0 Å². The van der Waals surface area contributed by atoms with Crippen LogP contribution in [-0.2, 0) is 6.18 Å². The molecule has 0 saturated carbocycles. The molecule has 1 N–H and O–H groups in total. The van der Waals surface area contributed by atoms with Crippen LogP contribution in [0.1, 0.15) is 17.3 Å². The summed E-state index contributed by atoms with van der Waals surface area (Å²) in [6.45, 7) is 0. The highest BCUT2D eigenvalue weighted by Crippen LogP contribution is 2.30. The van der Waals surface area contributed by atoms with Crippen molar-refractivity contribution in [3.8, 4) is 0 Å². The molecule has 0 aliphatic carbocycles. The molecule has 0 spiro atoms. The molecule has 2 aromatic rings. The van der Waals surface area contributed by atoms with E-state index in [2.05, 4.69) is 5.32 Å². The third kappa shape index (κ3) is 3.34. The highest BCUT2D eigenvalue weighted by Gasteiger charge is 2.30. The van der Waals surface area contributed by atoms with Gasteiger partial charge in [0.15, 0.2) is 0 Å². The molecule has 98 valence electrons. The third-order valence-corrected chi connectivity index (χ3v) is 2.38. The number of carbonyl (C=O) groups excluding carboxylic acids is 1. The number of nitrogens with one attached hydrogen (secondary N) is 1. The monoisotopic (exact) mass is 266 g/mol. The molecule has 2 rings (SSSR count). The molecule has 0 aromatic heterocycles. The second-order valence-corrected chi connectivity index (χ2v) is 3.80. The van der Waals surface area contributed by atoms with Crippen molar-refractivity contribution >= 4 is 11.6 Å². The Hall–Kier alpha value is -2.30. The lowest BCUT2D eigenvalue weighted by atomic mass is 10.1. The Labute approximate surface area is 109 Å². The zero-order chi connectivity index (χ0) is 14.8. The topological polar surface area (TPSA) is 29.1 Å². The first kappa shape index (κ1) is 11.8. The summed E-state index contributed by atoms with van der Waals surface area (Å²) in [5.41, 5.74) is -0.943. The number of amides is 1. The predicted molar refractivity (Wildman–Crippen MR) is 65.8 cm³/mol. The maximum absolute atomic E-state index is 12.7. The summed E-state index contributed by atoms with van der Waals surface area (Å²) >= 11 is 0. The Morgan fingerprint density at radius 2 is 1.74 bits per heavy atom. The van der Waals surface area contributed by atoms with Gasteiger partial charge in [0.2, 0.25) is 0 Å². The minimum Gasteiger partial charge on any atom is -0.322 e. The number of anilines is 1. The molecule has 0 aliphatic heterocycles. The zero-order valence-electron chi connectivity index (χ0n) is 10.7. The van der Waals surface area contributed by atoms with Gasteiger partial charge in [-0.3, -0.25) is 4.79 Å². The van der Waals surface area contributed by atoms with Crippen molar-refractivity contribution in [3.63, 3.8) is 0 Å². The molecular weight excluding hydrogens is 255 g/mol. The number of halogens is 3. The second-order valence-electron chi connectivity index (χ2n) is 3.80. The number of hydrogen-bond donors (Lipinski definition) is 1. The highest BCUT2D eigenvalue weighted by molar-refractivity contribution is 6.04. The summed E-state index contributed by atoms with van der Waals surface area (Å²) in [5, 5.41) is 2.31. The maximum atomic E-state index is 12.7. The van der Waals surface area contributed by atoms with Crippen molar-refractivity contribution in [1.82, 2.24) is 0 Å². The molecule has 0 atom stereocenters. The normalized spacial score (nSPS) is 11.8. The van der Waals surface area contributed by atoms with Crippen LogP contribution in [0.5, 0.6) is 0 Å². The van der Waals surface area contributed by atoms with E-state index in [1.807, 2.05) is 0 Å². The van der Waals surface area contributed by atoms with Gasteiger partial charge in [-0.05, 0) is 30.3 Å². The molecule has 0 heterocycles. The molecule has 19 heavy (non-hydrogen) atoms. The first-order valence-corrected chi connectivity index (χ1v) is 5.43. The van der Waals surface area contributed by atoms with Crippen LogP contribution in [0.15, 0.2) is 54.6 Å². The van der Waals surface area contributed by atoms with Gasteiger partial charge in [-0.2, -0.15) is 13.2 Å². The molecule has 1 amide bonds. The van der Waals surface area contributed by atoms with Gasteiger partial charge in [0.05, 0.1) is 6.93 Å². The van der Waals surface area contributed by atoms with Crippen molar-refractivity contribution in [2.75, 3.05) is 5.32 Å². The van der Waals surface area contributed by atoms with E-state index in [1.165, 1.54) is 18.2 Å². The lowest BCUT2D eigenvalue weighted by Gasteiger charge is -2.09. The summed E-state index contributed by atoms with van der Waals surface area (Å²) < 4.78 is 45.5. The summed E-state index contributed by atoms with van der Waals surface area (Å²) in [7, 11) is 0. The van der Waals surface area contributed by atoms with Crippen molar-refractivity contribution in [2.24, 2.45) is 0 Å². The molecule has 5 heteroatoms. The van der Waals surface area contributed by atoms with E-state index in [0.717, 1.165) is 12.1 Å². The minimum atomic E-state index is -4.62. The standard InChI is InChI=1S/C14H10F3NO/c15-14(16,17)11-7-4-8-12(9-11)18-13(19)10-5-2-1-3-6-10/h1-9H,(H,18,19)/i9D. The highest BCUT2D eigenvalue weighted by atomic mass is 19.4. The number of alkyl halides is 3. The van der Waals surface area contributed by atoms with E-state index < -0.39 is 23.7 Å². The van der Waals surface area contributed by atoms with Gasteiger partial charge in [0.25, 0.3) is 5.91 Å². The fourth-order valence-electron chi connectivity index (χ4n) is 1.49. The van der Waals surface area contributed by atoms with Gasteiger partial charge in [0.1, 0.15) is 0 Å². The Bertz CT molecular complexity index is 626. The van der Waals surface area contributed by atoms with E-state index in [0.29, 0.717) is 5.56 Å². The first-order valence-electron chi connectivity index (χ1n) is 5.93. The molecule has 0 bridgehead atoms. The SMILES string of the molecule is [2H]c1c(NC(=O)c2ccccc2)cccc1C(F)(F)F. The fraction of sp³-hybridized carbons (Fsp3) is 0.0714. The molecule has 0 saturated heterocycles. The van der Waals surface area contributed by atoms with E-state index in [1.54, 1.807) is 18.2 Å².